The van der Waals surface area contributed by atoms with Crippen LogP contribution in [0.3, 0.4) is 0 Å². The number of aryl methyl sites for hydroxylation is 1. The van der Waals surface area contributed by atoms with Crippen LogP contribution >= 0.6 is 0 Å². The van der Waals surface area contributed by atoms with Crippen molar-refractivity contribution in [2.75, 3.05) is 33.5 Å². The predicted octanol–water partition coefficient (Wildman–Crippen LogP) is 2.53. The topological polar surface area (TPSA) is 153 Å². The Balaban J connectivity index is 1.75. The van der Waals surface area contributed by atoms with Gasteiger partial charge in [0.15, 0.2) is 11.5 Å². The maximum atomic E-state index is 13.3. The van der Waals surface area contributed by atoms with Crippen molar-refractivity contribution in [3.63, 3.8) is 0 Å². The third-order valence-corrected chi connectivity index (χ3v) is 6.82. The fraction of sp³-hybridized carbons (Fsp3) is 0.515. The molecule has 0 aliphatic carbocycles. The molecule has 3 rings (SSSR count). The fourth-order valence-corrected chi connectivity index (χ4v) is 4.55. The zero-order valence-electron chi connectivity index (χ0n) is 27.0. The number of hydrogen-bond acceptors (Lipinski definition) is 8. The van der Waals surface area contributed by atoms with E-state index in [0.717, 1.165) is 5.56 Å². The van der Waals surface area contributed by atoms with E-state index in [-0.39, 0.29) is 24.5 Å². The standard InChI is InChI=1S/C33H46N4O8/c1-7-43-27-15-14-22(17-28(27)42-6)11-10-16-34-31(40)24-18-29(38)36-25(20-45-33(3,4)5)32(41)35-21(2)19-44-26-13-9-8-12-23(26)30(39)37-24/h8-9,12-15,17,21,24-25H,7,10-11,16,18-20H2,1-6H3,(H,34,40)(H,35,41)(H,36,38)(H,37,39)/t21-,24+,25+/m1/s1. The molecule has 0 radical (unpaired) electrons. The summed E-state index contributed by atoms with van der Waals surface area (Å²) in [7, 11) is 1.58. The van der Waals surface area contributed by atoms with Crippen molar-refractivity contribution in [2.45, 2.75) is 77.6 Å². The first-order valence-electron chi connectivity index (χ1n) is 15.2. The number of fused-ring (bicyclic) bond motifs is 1. The van der Waals surface area contributed by atoms with Crippen LogP contribution < -0.4 is 35.5 Å². The van der Waals surface area contributed by atoms with Gasteiger partial charge in [-0.15, -0.1) is 0 Å². The average molecular weight is 627 g/mol. The summed E-state index contributed by atoms with van der Waals surface area (Å²) in [4.78, 5) is 53.0. The summed E-state index contributed by atoms with van der Waals surface area (Å²) >= 11 is 0. The highest BCUT2D eigenvalue weighted by atomic mass is 16.5. The number of benzene rings is 2. The van der Waals surface area contributed by atoms with Crippen LogP contribution in [0, 0.1) is 0 Å². The molecule has 4 N–H and O–H groups in total. The largest absolute Gasteiger partial charge is 0.493 e. The molecule has 2 aromatic carbocycles. The maximum absolute atomic E-state index is 13.3. The first-order chi connectivity index (χ1) is 21.4. The van der Waals surface area contributed by atoms with E-state index in [1.165, 1.54) is 0 Å². The Morgan fingerprint density at radius 3 is 2.51 bits per heavy atom. The van der Waals surface area contributed by atoms with Gasteiger partial charge in [-0.1, -0.05) is 18.2 Å². The molecular formula is C33H46N4O8. The smallest absolute Gasteiger partial charge is 0.255 e. The number of methoxy groups -OCH3 is 1. The van der Waals surface area contributed by atoms with Crippen molar-refractivity contribution in [3.05, 3.63) is 53.6 Å². The first-order valence-corrected chi connectivity index (χ1v) is 15.2. The van der Waals surface area contributed by atoms with Gasteiger partial charge in [-0.2, -0.15) is 0 Å². The predicted molar refractivity (Wildman–Crippen MR) is 169 cm³/mol. The minimum Gasteiger partial charge on any atom is -0.493 e. The van der Waals surface area contributed by atoms with Gasteiger partial charge in [0.05, 0.1) is 44.0 Å². The molecule has 2 aromatic rings. The Morgan fingerprint density at radius 2 is 1.80 bits per heavy atom. The molecule has 0 unspecified atom stereocenters. The summed E-state index contributed by atoms with van der Waals surface area (Å²) in [6.45, 7) is 9.97. The number of carbonyl (C=O) groups is 4. The van der Waals surface area contributed by atoms with E-state index in [2.05, 4.69) is 21.3 Å². The second-order valence-electron chi connectivity index (χ2n) is 11.8. The summed E-state index contributed by atoms with van der Waals surface area (Å²) in [6, 6.07) is 9.59. The third-order valence-electron chi connectivity index (χ3n) is 6.82. The molecule has 246 valence electrons. The van der Waals surface area contributed by atoms with Crippen LogP contribution in [0.1, 0.15) is 63.4 Å². The van der Waals surface area contributed by atoms with Gasteiger partial charge in [-0.05, 0) is 77.3 Å². The zero-order chi connectivity index (χ0) is 33.0. The second kappa shape index (κ2) is 16.7. The van der Waals surface area contributed by atoms with E-state index in [9.17, 15) is 19.2 Å². The monoisotopic (exact) mass is 626 g/mol. The number of hydrogen-bond donors (Lipinski definition) is 4. The molecule has 4 amide bonds. The molecule has 12 heteroatoms. The Kier molecular flexibility index (Phi) is 13.0. The molecule has 0 spiro atoms. The van der Waals surface area contributed by atoms with Crippen molar-refractivity contribution in [2.24, 2.45) is 0 Å². The Morgan fingerprint density at radius 1 is 1.04 bits per heavy atom. The van der Waals surface area contributed by atoms with Gasteiger partial charge in [-0.25, -0.2) is 0 Å². The quantitative estimate of drug-likeness (QED) is 0.294. The number of rotatable bonds is 10. The Hall–Kier alpha value is -4.32. The number of para-hydroxylation sites is 1. The van der Waals surface area contributed by atoms with E-state index < -0.39 is 53.8 Å². The highest BCUT2D eigenvalue weighted by Gasteiger charge is 2.30. The van der Waals surface area contributed by atoms with Crippen LogP contribution in [0.25, 0.3) is 0 Å². The van der Waals surface area contributed by atoms with Crippen LogP contribution in [-0.4, -0.2) is 80.8 Å². The summed E-state index contributed by atoms with van der Waals surface area (Å²) in [5.41, 5.74) is 0.644. The fourth-order valence-electron chi connectivity index (χ4n) is 4.55. The molecule has 1 heterocycles. The third kappa shape index (κ3) is 11.3. The lowest BCUT2D eigenvalue weighted by Gasteiger charge is -2.27. The molecule has 3 atom stereocenters. The van der Waals surface area contributed by atoms with Gasteiger partial charge in [0, 0.05) is 6.54 Å². The molecule has 0 bridgehead atoms. The van der Waals surface area contributed by atoms with Crippen molar-refractivity contribution in [1.82, 2.24) is 21.3 Å². The maximum Gasteiger partial charge on any atom is 0.255 e. The molecule has 12 nitrogen and oxygen atoms in total. The van der Waals surface area contributed by atoms with Crippen LogP contribution in [0.5, 0.6) is 17.2 Å². The second-order valence-corrected chi connectivity index (χ2v) is 11.8. The van der Waals surface area contributed by atoms with Crippen LogP contribution in [0.2, 0.25) is 0 Å². The number of amides is 4. The van der Waals surface area contributed by atoms with Gasteiger partial charge in [-0.3, -0.25) is 19.2 Å². The van der Waals surface area contributed by atoms with Gasteiger partial charge in [0.1, 0.15) is 24.4 Å². The summed E-state index contributed by atoms with van der Waals surface area (Å²) in [5, 5.41) is 11.0. The van der Waals surface area contributed by atoms with Crippen molar-refractivity contribution < 1.29 is 38.1 Å². The van der Waals surface area contributed by atoms with Gasteiger partial charge in [0.2, 0.25) is 17.7 Å². The van der Waals surface area contributed by atoms with Crippen molar-refractivity contribution in [3.8, 4) is 17.2 Å². The van der Waals surface area contributed by atoms with Gasteiger partial charge < -0.3 is 40.2 Å². The van der Waals surface area contributed by atoms with Crippen molar-refractivity contribution in [1.29, 1.82) is 0 Å². The van der Waals surface area contributed by atoms with Gasteiger partial charge >= 0.3 is 0 Å². The molecule has 0 saturated carbocycles. The van der Waals surface area contributed by atoms with Gasteiger partial charge in [0.25, 0.3) is 5.91 Å². The van der Waals surface area contributed by atoms with E-state index in [1.807, 2.05) is 45.9 Å². The molecule has 1 aliphatic rings. The lowest BCUT2D eigenvalue weighted by Crippen LogP contribution is -2.55. The van der Waals surface area contributed by atoms with Crippen molar-refractivity contribution >= 4 is 23.6 Å². The van der Waals surface area contributed by atoms with E-state index in [0.29, 0.717) is 37.5 Å². The first kappa shape index (κ1) is 35.2. The zero-order valence-corrected chi connectivity index (χ0v) is 27.0. The number of ether oxygens (including phenoxy) is 4. The molecule has 0 aromatic heterocycles. The minimum atomic E-state index is -1.22. The highest BCUT2D eigenvalue weighted by molar-refractivity contribution is 6.01. The Bertz CT molecular complexity index is 1330. The van der Waals surface area contributed by atoms with Crippen LogP contribution in [-0.2, 0) is 25.5 Å². The van der Waals surface area contributed by atoms with E-state index >= 15 is 0 Å². The molecule has 0 saturated heterocycles. The molecule has 1 aliphatic heterocycles. The number of nitrogens with one attached hydrogen (secondary N) is 4. The van der Waals surface area contributed by atoms with E-state index in [4.69, 9.17) is 18.9 Å². The molecule has 0 fully saturated rings. The highest BCUT2D eigenvalue weighted by Crippen LogP contribution is 2.28. The summed E-state index contributed by atoms with van der Waals surface area (Å²) in [6.07, 6.45) is 0.844. The minimum absolute atomic E-state index is 0.0704. The molecular weight excluding hydrogens is 580 g/mol. The SMILES string of the molecule is CCOc1ccc(CCCNC(=O)[C@@H]2CC(=O)N[C@@H](COC(C)(C)C)C(=O)N[C@H](C)COc3ccccc3C(=O)N2)cc1OC. The van der Waals surface area contributed by atoms with Crippen LogP contribution in [0.15, 0.2) is 42.5 Å². The average Bonchev–Trinajstić information content (AvgIpc) is 2.99. The summed E-state index contributed by atoms with van der Waals surface area (Å²) < 4.78 is 22.7. The Labute approximate surface area is 264 Å². The normalized spacial score (nSPS) is 19.5. The van der Waals surface area contributed by atoms with Crippen LogP contribution in [0.4, 0.5) is 0 Å². The number of carbonyl (C=O) groups excluding carboxylic acids is 4. The lowest BCUT2D eigenvalue weighted by molar-refractivity contribution is -0.134. The lowest BCUT2D eigenvalue weighted by atomic mass is 10.1. The van der Waals surface area contributed by atoms with E-state index in [1.54, 1.807) is 38.3 Å². The summed E-state index contributed by atoms with van der Waals surface area (Å²) in [5.74, 6) is -0.573. The molecule has 45 heavy (non-hydrogen) atoms.